The molecule has 0 amide bonds. The second-order valence-electron chi connectivity index (χ2n) is 8.59. The number of benzene rings is 4. The molecule has 1 saturated heterocycles. The van der Waals surface area contributed by atoms with Crippen LogP contribution in [-0.2, 0) is 4.57 Å². The zero-order valence-corrected chi connectivity index (χ0v) is 18.3. The highest BCUT2D eigenvalue weighted by atomic mass is 31.2. The van der Waals surface area contributed by atoms with Crippen molar-refractivity contribution >= 4 is 29.4 Å². The standard InChI is InChI=1S/C28H24NOP/c1-29-28(22-11-3-2-4-12-22)27-25-14-8-7-10-21(25)16-18-26(27)31(29,30)24-17-15-20-9-5-6-13-23(20)19-24/h2-19,26-28H,1H3/t26-,27+,28-,31?/m1/s1. The molecule has 0 aromatic heterocycles. The normalized spacial score (nSPS) is 27.2. The molecule has 0 spiro atoms. The van der Waals surface area contributed by atoms with Crippen LogP contribution in [0.25, 0.3) is 16.8 Å². The van der Waals surface area contributed by atoms with E-state index >= 15 is 4.57 Å². The maximum atomic E-state index is 15.0. The summed E-state index contributed by atoms with van der Waals surface area (Å²) in [5, 5.41) is 3.27. The summed E-state index contributed by atoms with van der Waals surface area (Å²) in [6, 6.07) is 33.9. The van der Waals surface area contributed by atoms with Gasteiger partial charge in [0.25, 0.3) is 0 Å². The molecule has 1 fully saturated rings. The molecule has 6 rings (SSSR count). The first kappa shape index (κ1) is 18.8. The number of rotatable bonds is 2. The lowest BCUT2D eigenvalue weighted by Gasteiger charge is -2.28. The van der Waals surface area contributed by atoms with Gasteiger partial charge in [-0.05, 0) is 46.6 Å². The van der Waals surface area contributed by atoms with Crippen molar-refractivity contribution in [2.24, 2.45) is 0 Å². The Balaban J connectivity index is 1.59. The van der Waals surface area contributed by atoms with E-state index in [1.165, 1.54) is 22.1 Å². The smallest absolute Gasteiger partial charge is 0.186 e. The lowest BCUT2D eigenvalue weighted by molar-refractivity contribution is 0.377. The molecule has 0 radical (unpaired) electrons. The minimum atomic E-state index is -2.88. The van der Waals surface area contributed by atoms with E-state index in [2.05, 4.69) is 103 Å². The van der Waals surface area contributed by atoms with Crippen molar-refractivity contribution in [3.05, 3.63) is 120 Å². The molecule has 4 aromatic rings. The van der Waals surface area contributed by atoms with Crippen molar-refractivity contribution in [2.45, 2.75) is 17.6 Å². The van der Waals surface area contributed by atoms with Crippen LogP contribution in [-0.4, -0.2) is 17.4 Å². The van der Waals surface area contributed by atoms with Crippen molar-refractivity contribution < 1.29 is 4.57 Å². The number of hydrogen-bond acceptors (Lipinski definition) is 1. The van der Waals surface area contributed by atoms with Crippen LogP contribution >= 0.6 is 7.29 Å². The Hall–Kier alpha value is -2.93. The second kappa shape index (κ2) is 7.05. The van der Waals surface area contributed by atoms with Crippen LogP contribution in [0.3, 0.4) is 0 Å². The van der Waals surface area contributed by atoms with Crippen LogP contribution < -0.4 is 5.30 Å². The van der Waals surface area contributed by atoms with Crippen molar-refractivity contribution in [3.63, 3.8) is 0 Å². The molecule has 1 heterocycles. The highest BCUT2D eigenvalue weighted by Crippen LogP contribution is 2.70. The average molecular weight is 421 g/mol. The molecule has 31 heavy (non-hydrogen) atoms. The van der Waals surface area contributed by atoms with Crippen molar-refractivity contribution in [3.8, 4) is 0 Å². The molecule has 3 heteroatoms. The maximum Gasteiger partial charge on any atom is 0.186 e. The van der Waals surface area contributed by atoms with Crippen LogP contribution in [0.4, 0.5) is 0 Å². The van der Waals surface area contributed by atoms with E-state index in [0.29, 0.717) is 0 Å². The molecule has 152 valence electrons. The molecule has 4 atom stereocenters. The molecule has 0 N–H and O–H groups in total. The third-order valence-corrected chi connectivity index (χ3v) is 10.6. The largest absolute Gasteiger partial charge is 0.301 e. The third kappa shape index (κ3) is 2.72. The van der Waals surface area contributed by atoms with Gasteiger partial charge in [-0.1, -0.05) is 97.1 Å². The van der Waals surface area contributed by atoms with Gasteiger partial charge in [0.1, 0.15) is 0 Å². The van der Waals surface area contributed by atoms with Crippen LogP contribution in [0.2, 0.25) is 0 Å². The predicted molar refractivity (Wildman–Crippen MR) is 130 cm³/mol. The summed E-state index contributed by atoms with van der Waals surface area (Å²) < 4.78 is 17.2. The van der Waals surface area contributed by atoms with Gasteiger partial charge in [-0.2, -0.15) is 0 Å². The summed E-state index contributed by atoms with van der Waals surface area (Å²) in [6.45, 7) is 0. The lowest BCUT2D eigenvalue weighted by atomic mass is 9.79. The highest BCUT2D eigenvalue weighted by Gasteiger charge is 2.56. The van der Waals surface area contributed by atoms with E-state index in [-0.39, 0.29) is 17.6 Å². The summed E-state index contributed by atoms with van der Waals surface area (Å²) in [6.07, 6.45) is 4.38. The Morgan fingerprint density at radius 3 is 2.32 bits per heavy atom. The maximum absolute atomic E-state index is 15.0. The summed E-state index contributed by atoms with van der Waals surface area (Å²) in [5.74, 6) is 0.158. The number of allylic oxidation sites excluding steroid dienone is 1. The topological polar surface area (TPSA) is 20.3 Å². The first-order valence-electron chi connectivity index (χ1n) is 10.8. The van der Waals surface area contributed by atoms with Gasteiger partial charge in [0, 0.05) is 17.3 Å². The quantitative estimate of drug-likeness (QED) is 0.340. The Kier molecular flexibility index (Phi) is 4.28. The van der Waals surface area contributed by atoms with Gasteiger partial charge in [0.15, 0.2) is 7.29 Å². The van der Waals surface area contributed by atoms with Crippen molar-refractivity contribution in [2.75, 3.05) is 7.05 Å². The molecule has 4 aromatic carbocycles. The number of nitrogens with zero attached hydrogens (tertiary/aromatic N) is 1. The Labute approximate surface area is 183 Å². The first-order chi connectivity index (χ1) is 15.2. The van der Waals surface area contributed by atoms with Gasteiger partial charge < -0.3 is 4.57 Å². The van der Waals surface area contributed by atoms with E-state index < -0.39 is 7.29 Å². The third-order valence-electron chi connectivity index (χ3n) is 7.06. The number of fused-ring (bicyclic) bond motifs is 4. The summed E-state index contributed by atoms with van der Waals surface area (Å²) in [4.78, 5) is 0. The average Bonchev–Trinajstić information content (AvgIpc) is 3.07. The van der Waals surface area contributed by atoms with E-state index in [1.54, 1.807) is 0 Å². The molecule has 1 aliphatic heterocycles. The zero-order valence-electron chi connectivity index (χ0n) is 17.4. The first-order valence-corrected chi connectivity index (χ1v) is 12.6. The molecular formula is C28H24NOP. The fraction of sp³-hybridized carbons (Fsp3) is 0.143. The van der Waals surface area contributed by atoms with Gasteiger partial charge in [-0.3, -0.25) is 0 Å². The Morgan fingerprint density at radius 2 is 1.48 bits per heavy atom. The SMILES string of the molecule is CN1[C@H](c2ccccc2)[C@H]2c3ccccc3C=C[C@H]2P1(=O)c1ccc2ccccc2c1. The van der Waals surface area contributed by atoms with Crippen LogP contribution in [0.1, 0.15) is 28.7 Å². The summed E-state index contributed by atoms with van der Waals surface area (Å²) in [5.41, 5.74) is 3.72. The number of likely N-dealkylation sites (N-methyl/N-ethyl adjacent to an activating group) is 1. The minimum Gasteiger partial charge on any atom is -0.301 e. The fourth-order valence-corrected chi connectivity index (χ4v) is 9.06. The molecular weight excluding hydrogens is 397 g/mol. The van der Waals surface area contributed by atoms with Crippen LogP contribution in [0, 0.1) is 0 Å². The van der Waals surface area contributed by atoms with Gasteiger partial charge in [-0.15, -0.1) is 0 Å². The van der Waals surface area contributed by atoms with Gasteiger partial charge in [0.05, 0.1) is 5.66 Å². The van der Waals surface area contributed by atoms with E-state index in [4.69, 9.17) is 0 Å². The molecule has 2 nitrogen and oxygen atoms in total. The highest BCUT2D eigenvalue weighted by molar-refractivity contribution is 7.70. The fourth-order valence-electron chi connectivity index (χ4n) is 5.59. The minimum absolute atomic E-state index is 0.0428. The van der Waals surface area contributed by atoms with E-state index in [9.17, 15) is 0 Å². The molecule has 1 unspecified atom stereocenters. The molecule has 1 aliphatic carbocycles. The van der Waals surface area contributed by atoms with Gasteiger partial charge >= 0.3 is 0 Å². The predicted octanol–water partition coefficient (Wildman–Crippen LogP) is 6.61. The molecule has 0 saturated carbocycles. The Morgan fingerprint density at radius 1 is 0.774 bits per heavy atom. The van der Waals surface area contributed by atoms with Crippen molar-refractivity contribution in [1.29, 1.82) is 0 Å². The zero-order chi connectivity index (χ0) is 21.0. The Bertz CT molecular complexity index is 1360. The summed E-state index contributed by atoms with van der Waals surface area (Å²) in [7, 11) is -0.822. The van der Waals surface area contributed by atoms with Crippen LogP contribution in [0.15, 0.2) is 103 Å². The van der Waals surface area contributed by atoms with Gasteiger partial charge in [0.2, 0.25) is 0 Å². The summed E-state index contributed by atoms with van der Waals surface area (Å²) >= 11 is 0. The van der Waals surface area contributed by atoms with Crippen LogP contribution in [0.5, 0.6) is 0 Å². The van der Waals surface area contributed by atoms with Gasteiger partial charge in [-0.25, -0.2) is 4.67 Å². The lowest BCUT2D eigenvalue weighted by Crippen LogP contribution is -2.22. The second-order valence-corrected chi connectivity index (χ2v) is 11.6. The monoisotopic (exact) mass is 421 g/mol. The molecule has 2 aliphatic rings. The van der Waals surface area contributed by atoms with Crippen molar-refractivity contribution in [1.82, 2.24) is 4.67 Å². The molecule has 0 bridgehead atoms. The van der Waals surface area contributed by atoms with E-state index in [1.807, 2.05) is 18.2 Å². The number of hydrogen-bond donors (Lipinski definition) is 0. The van der Waals surface area contributed by atoms with E-state index in [0.717, 1.165) is 10.7 Å².